The van der Waals surface area contributed by atoms with Gasteiger partial charge >= 0.3 is 0 Å². The molecule has 0 radical (unpaired) electrons. The van der Waals surface area contributed by atoms with Gasteiger partial charge in [0, 0.05) is 7.05 Å². The second-order valence-corrected chi connectivity index (χ2v) is 4.07. The third kappa shape index (κ3) is 2.19. The van der Waals surface area contributed by atoms with Gasteiger partial charge in [-0.3, -0.25) is 4.79 Å². The highest BCUT2D eigenvalue weighted by molar-refractivity contribution is 9.10. The van der Waals surface area contributed by atoms with Gasteiger partial charge in [0.05, 0.1) is 24.6 Å². The van der Waals surface area contributed by atoms with Crippen molar-refractivity contribution < 1.29 is 13.6 Å². The molecule has 84 valence electrons. The summed E-state index contributed by atoms with van der Waals surface area (Å²) in [6.07, 6.45) is 3.06. The maximum absolute atomic E-state index is 11.9. The highest BCUT2D eigenvalue weighted by Crippen LogP contribution is 2.19. The van der Waals surface area contributed by atoms with E-state index in [1.54, 1.807) is 30.3 Å². The molecule has 0 N–H and O–H groups in total. The molecule has 2 rings (SSSR count). The quantitative estimate of drug-likeness (QED) is 0.870. The fourth-order valence-electron chi connectivity index (χ4n) is 1.36. The molecule has 0 atom stereocenters. The zero-order valence-corrected chi connectivity index (χ0v) is 10.2. The number of amides is 1. The standard InChI is InChI=1S/C11H10BrNO3/c1-13(7-8-3-2-5-15-8)11(14)9-4-6-16-10(9)12/h2-6H,7H2,1H3. The number of carbonyl (C=O) groups excluding carboxylic acids is 1. The predicted octanol–water partition coefficient (Wildman–Crippen LogP) is 2.91. The van der Waals surface area contributed by atoms with Crippen LogP contribution in [0.2, 0.25) is 0 Å². The van der Waals surface area contributed by atoms with E-state index in [0.29, 0.717) is 16.8 Å². The van der Waals surface area contributed by atoms with Crippen molar-refractivity contribution in [2.75, 3.05) is 7.05 Å². The number of hydrogen-bond donors (Lipinski definition) is 0. The van der Waals surface area contributed by atoms with E-state index in [1.807, 2.05) is 6.07 Å². The van der Waals surface area contributed by atoms with Crippen LogP contribution >= 0.6 is 15.9 Å². The number of nitrogens with zero attached hydrogens (tertiary/aromatic N) is 1. The second-order valence-electron chi connectivity index (χ2n) is 3.35. The summed E-state index contributed by atoms with van der Waals surface area (Å²) in [5.74, 6) is 0.632. The molecule has 0 aromatic carbocycles. The lowest BCUT2D eigenvalue weighted by molar-refractivity contribution is 0.0773. The van der Waals surface area contributed by atoms with Crippen LogP contribution in [0.3, 0.4) is 0 Å². The van der Waals surface area contributed by atoms with Crippen molar-refractivity contribution in [3.05, 3.63) is 46.7 Å². The zero-order valence-electron chi connectivity index (χ0n) is 8.64. The normalized spacial score (nSPS) is 10.4. The average molecular weight is 284 g/mol. The van der Waals surface area contributed by atoms with Crippen LogP contribution in [0.25, 0.3) is 0 Å². The summed E-state index contributed by atoms with van der Waals surface area (Å²) < 4.78 is 10.6. The maximum Gasteiger partial charge on any atom is 0.258 e. The van der Waals surface area contributed by atoms with E-state index in [1.165, 1.54) is 6.26 Å². The molecule has 0 fully saturated rings. The molecular weight excluding hydrogens is 274 g/mol. The van der Waals surface area contributed by atoms with E-state index in [9.17, 15) is 4.79 Å². The molecule has 0 spiro atoms. The monoisotopic (exact) mass is 283 g/mol. The summed E-state index contributed by atoms with van der Waals surface area (Å²) in [7, 11) is 1.71. The van der Waals surface area contributed by atoms with Gasteiger partial charge in [0.25, 0.3) is 5.91 Å². The van der Waals surface area contributed by atoms with E-state index < -0.39 is 0 Å². The Labute approximate surface area is 101 Å². The molecule has 1 amide bonds. The third-order valence-corrected chi connectivity index (χ3v) is 2.78. The van der Waals surface area contributed by atoms with Crippen molar-refractivity contribution in [1.29, 1.82) is 0 Å². The van der Waals surface area contributed by atoms with Gasteiger partial charge in [-0.25, -0.2) is 0 Å². The minimum absolute atomic E-state index is 0.114. The number of rotatable bonds is 3. The molecule has 0 unspecified atom stereocenters. The first kappa shape index (κ1) is 11.0. The lowest BCUT2D eigenvalue weighted by atomic mass is 10.3. The van der Waals surface area contributed by atoms with Crippen LogP contribution < -0.4 is 0 Å². The Hall–Kier alpha value is -1.49. The first-order valence-corrected chi connectivity index (χ1v) is 5.48. The van der Waals surface area contributed by atoms with Gasteiger partial charge in [-0.05, 0) is 34.1 Å². The van der Waals surface area contributed by atoms with E-state index >= 15 is 0 Å². The van der Waals surface area contributed by atoms with Crippen LogP contribution in [0.1, 0.15) is 16.1 Å². The fraction of sp³-hybridized carbons (Fsp3) is 0.182. The Morgan fingerprint density at radius 1 is 1.38 bits per heavy atom. The first-order valence-electron chi connectivity index (χ1n) is 4.69. The molecule has 0 bridgehead atoms. The van der Waals surface area contributed by atoms with Crippen LogP contribution in [-0.4, -0.2) is 17.9 Å². The Kier molecular flexibility index (Phi) is 3.14. The molecule has 16 heavy (non-hydrogen) atoms. The summed E-state index contributed by atoms with van der Waals surface area (Å²) in [6.45, 7) is 0.434. The van der Waals surface area contributed by atoms with Gasteiger partial charge in [-0.15, -0.1) is 0 Å². The largest absolute Gasteiger partial charge is 0.467 e. The average Bonchev–Trinajstić information content (AvgIpc) is 2.88. The third-order valence-electron chi connectivity index (χ3n) is 2.17. The van der Waals surface area contributed by atoms with Crippen LogP contribution in [0.4, 0.5) is 0 Å². The molecule has 0 aliphatic carbocycles. The van der Waals surface area contributed by atoms with Crippen LogP contribution in [-0.2, 0) is 6.54 Å². The Morgan fingerprint density at radius 2 is 2.19 bits per heavy atom. The van der Waals surface area contributed by atoms with Crippen LogP contribution in [0, 0.1) is 0 Å². The van der Waals surface area contributed by atoms with Gasteiger partial charge in [0.15, 0.2) is 4.67 Å². The highest BCUT2D eigenvalue weighted by Gasteiger charge is 2.17. The molecule has 0 saturated carbocycles. The van der Waals surface area contributed by atoms with Gasteiger partial charge in [0.1, 0.15) is 5.76 Å². The molecule has 4 nitrogen and oxygen atoms in total. The maximum atomic E-state index is 11.9. The second kappa shape index (κ2) is 4.57. The summed E-state index contributed by atoms with van der Waals surface area (Å²) in [6, 6.07) is 5.25. The SMILES string of the molecule is CN(Cc1ccco1)C(=O)c1ccoc1Br. The molecule has 2 aromatic heterocycles. The van der Waals surface area contributed by atoms with Gasteiger partial charge in [-0.2, -0.15) is 0 Å². The van der Waals surface area contributed by atoms with Crippen LogP contribution in [0.5, 0.6) is 0 Å². The molecule has 0 aliphatic heterocycles. The molecule has 2 heterocycles. The van der Waals surface area contributed by atoms with E-state index in [-0.39, 0.29) is 5.91 Å². The molecule has 0 aliphatic rings. The van der Waals surface area contributed by atoms with Gasteiger partial charge < -0.3 is 13.7 Å². The molecule has 2 aromatic rings. The summed E-state index contributed by atoms with van der Waals surface area (Å²) in [5.41, 5.74) is 0.508. The predicted molar refractivity (Wildman–Crippen MR) is 60.9 cm³/mol. The smallest absolute Gasteiger partial charge is 0.258 e. The molecule has 5 heteroatoms. The van der Waals surface area contributed by atoms with Crippen molar-refractivity contribution >= 4 is 21.8 Å². The topological polar surface area (TPSA) is 46.6 Å². The van der Waals surface area contributed by atoms with E-state index in [4.69, 9.17) is 8.83 Å². The summed E-state index contributed by atoms with van der Waals surface area (Å²) in [4.78, 5) is 13.5. The van der Waals surface area contributed by atoms with E-state index in [2.05, 4.69) is 15.9 Å². The minimum atomic E-state index is -0.114. The van der Waals surface area contributed by atoms with Crippen molar-refractivity contribution in [3.8, 4) is 0 Å². The Bertz CT molecular complexity index is 475. The number of furan rings is 2. The minimum Gasteiger partial charge on any atom is -0.467 e. The Morgan fingerprint density at radius 3 is 2.75 bits per heavy atom. The number of carbonyl (C=O) groups is 1. The van der Waals surface area contributed by atoms with Crippen molar-refractivity contribution in [3.63, 3.8) is 0 Å². The Balaban J connectivity index is 2.08. The van der Waals surface area contributed by atoms with Gasteiger partial charge in [-0.1, -0.05) is 0 Å². The fourth-order valence-corrected chi connectivity index (χ4v) is 1.77. The van der Waals surface area contributed by atoms with Crippen molar-refractivity contribution in [2.24, 2.45) is 0 Å². The van der Waals surface area contributed by atoms with Gasteiger partial charge in [0.2, 0.25) is 0 Å². The van der Waals surface area contributed by atoms with E-state index in [0.717, 1.165) is 5.76 Å². The lowest BCUT2D eigenvalue weighted by Crippen LogP contribution is -2.25. The summed E-state index contributed by atoms with van der Waals surface area (Å²) in [5, 5.41) is 0. The number of hydrogen-bond acceptors (Lipinski definition) is 3. The highest BCUT2D eigenvalue weighted by atomic mass is 79.9. The van der Waals surface area contributed by atoms with Crippen molar-refractivity contribution in [1.82, 2.24) is 4.90 Å². The molecule has 0 saturated heterocycles. The lowest BCUT2D eigenvalue weighted by Gasteiger charge is -2.14. The zero-order chi connectivity index (χ0) is 11.5. The first-order chi connectivity index (χ1) is 7.68. The van der Waals surface area contributed by atoms with Crippen LogP contribution in [0.15, 0.2) is 44.2 Å². The van der Waals surface area contributed by atoms with Crippen molar-refractivity contribution in [2.45, 2.75) is 6.54 Å². The number of halogens is 1. The molecular formula is C11H10BrNO3. The summed E-state index contributed by atoms with van der Waals surface area (Å²) >= 11 is 3.18.